The highest BCUT2D eigenvalue weighted by Crippen LogP contribution is 2.29. The Labute approximate surface area is 139 Å². The fourth-order valence-corrected chi connectivity index (χ4v) is 2.85. The third-order valence-corrected chi connectivity index (χ3v) is 4.44. The summed E-state index contributed by atoms with van der Waals surface area (Å²) in [5.74, 6) is 1.13. The van der Waals surface area contributed by atoms with Crippen molar-refractivity contribution in [3.63, 3.8) is 0 Å². The van der Waals surface area contributed by atoms with Crippen molar-refractivity contribution in [3.8, 4) is 22.8 Å². The number of amides is 1. The first kappa shape index (κ1) is 14.6. The van der Waals surface area contributed by atoms with E-state index in [0.29, 0.717) is 18.1 Å². The van der Waals surface area contributed by atoms with Gasteiger partial charge >= 0.3 is 0 Å². The number of benzene rings is 2. The number of hydrogen-bond donors (Lipinski definition) is 1. The molecule has 2 aromatic carbocycles. The monoisotopic (exact) mass is 319 g/mol. The highest BCUT2D eigenvalue weighted by molar-refractivity contribution is 5.94. The maximum atomic E-state index is 11.4. The molecule has 0 atom stereocenters. The quantitative estimate of drug-likeness (QED) is 0.777. The summed E-state index contributed by atoms with van der Waals surface area (Å²) < 4.78 is 5.43. The van der Waals surface area contributed by atoms with Crippen molar-refractivity contribution >= 4 is 11.6 Å². The highest BCUT2D eigenvalue weighted by atomic mass is 16.5. The summed E-state index contributed by atoms with van der Waals surface area (Å²) in [6.45, 7) is 4.14. The number of hydrogen-bond acceptors (Lipinski definition) is 4. The second-order valence-corrected chi connectivity index (χ2v) is 6.14. The molecule has 0 fully saturated rings. The van der Waals surface area contributed by atoms with Crippen molar-refractivity contribution in [2.45, 2.75) is 26.7 Å². The average Bonchev–Trinajstić information content (AvgIpc) is 3.07. The van der Waals surface area contributed by atoms with Gasteiger partial charge in [-0.25, -0.2) is 0 Å². The fraction of sp³-hybridized carbons (Fsp3) is 0.211. The molecule has 5 heteroatoms. The van der Waals surface area contributed by atoms with Gasteiger partial charge in [-0.15, -0.1) is 0 Å². The van der Waals surface area contributed by atoms with Crippen LogP contribution in [-0.4, -0.2) is 16.0 Å². The SMILES string of the molecule is Cc1ccc(-c2nc(-c3ccc4c(c3)CCC(=O)N4)no2)cc1C. The molecule has 2 heterocycles. The van der Waals surface area contributed by atoms with Gasteiger partial charge in [0.05, 0.1) is 0 Å². The molecule has 0 unspecified atom stereocenters. The molecule has 1 aromatic heterocycles. The molecule has 0 saturated heterocycles. The number of aryl methyl sites for hydroxylation is 3. The van der Waals surface area contributed by atoms with Crippen LogP contribution in [0.5, 0.6) is 0 Å². The first-order valence-electron chi connectivity index (χ1n) is 7.94. The molecular formula is C19H17N3O2. The molecule has 0 bridgehead atoms. The Bertz CT molecular complexity index is 944. The van der Waals surface area contributed by atoms with Crippen molar-refractivity contribution in [1.82, 2.24) is 10.1 Å². The van der Waals surface area contributed by atoms with Gasteiger partial charge in [0.1, 0.15) is 0 Å². The van der Waals surface area contributed by atoms with Crippen LogP contribution in [0, 0.1) is 13.8 Å². The molecule has 3 aromatic rings. The maximum Gasteiger partial charge on any atom is 0.258 e. The van der Waals surface area contributed by atoms with Crippen LogP contribution in [0.25, 0.3) is 22.8 Å². The number of anilines is 1. The normalized spacial score (nSPS) is 13.5. The molecule has 120 valence electrons. The Morgan fingerprint density at radius 2 is 1.83 bits per heavy atom. The third-order valence-electron chi connectivity index (χ3n) is 4.44. The minimum atomic E-state index is 0.0619. The summed E-state index contributed by atoms with van der Waals surface area (Å²) in [5, 5.41) is 6.98. The molecule has 5 nitrogen and oxygen atoms in total. The first-order chi connectivity index (χ1) is 11.6. The van der Waals surface area contributed by atoms with Crippen molar-refractivity contribution in [2.75, 3.05) is 5.32 Å². The summed E-state index contributed by atoms with van der Waals surface area (Å²) in [6.07, 6.45) is 1.24. The standard InChI is InChI=1S/C19H17N3O2/c1-11-3-4-15(9-12(11)2)19-21-18(22-24-19)14-5-7-16-13(10-14)6-8-17(23)20-16/h3-5,7,9-10H,6,8H2,1-2H3,(H,20,23). The highest BCUT2D eigenvalue weighted by Gasteiger charge is 2.17. The van der Waals surface area contributed by atoms with Crippen LogP contribution < -0.4 is 5.32 Å². The van der Waals surface area contributed by atoms with E-state index in [2.05, 4.69) is 41.4 Å². The Kier molecular flexibility index (Phi) is 3.41. The molecule has 1 N–H and O–H groups in total. The smallest absolute Gasteiger partial charge is 0.258 e. The Morgan fingerprint density at radius 1 is 1.00 bits per heavy atom. The first-order valence-corrected chi connectivity index (χ1v) is 7.94. The van der Waals surface area contributed by atoms with Crippen molar-refractivity contribution in [3.05, 3.63) is 53.1 Å². The van der Waals surface area contributed by atoms with Crippen molar-refractivity contribution < 1.29 is 9.32 Å². The number of nitrogens with one attached hydrogen (secondary N) is 1. The van der Waals surface area contributed by atoms with Crippen molar-refractivity contribution in [1.29, 1.82) is 0 Å². The molecule has 0 aliphatic carbocycles. The molecule has 0 radical (unpaired) electrons. The zero-order valence-electron chi connectivity index (χ0n) is 13.6. The van der Waals surface area contributed by atoms with Gasteiger partial charge in [0.2, 0.25) is 11.7 Å². The molecule has 24 heavy (non-hydrogen) atoms. The Balaban J connectivity index is 1.67. The minimum absolute atomic E-state index is 0.0619. The molecular weight excluding hydrogens is 302 g/mol. The van der Waals surface area contributed by atoms with Crippen LogP contribution in [0.15, 0.2) is 40.9 Å². The summed E-state index contributed by atoms with van der Waals surface area (Å²) in [5.41, 5.74) is 6.20. The average molecular weight is 319 g/mol. The summed E-state index contributed by atoms with van der Waals surface area (Å²) in [7, 11) is 0. The number of aromatic nitrogens is 2. The van der Waals surface area contributed by atoms with Gasteiger partial charge in [0.15, 0.2) is 0 Å². The van der Waals surface area contributed by atoms with Gasteiger partial charge in [-0.2, -0.15) is 4.98 Å². The lowest BCUT2D eigenvalue weighted by molar-refractivity contribution is -0.116. The summed E-state index contributed by atoms with van der Waals surface area (Å²) >= 11 is 0. The van der Waals surface area contributed by atoms with Crippen molar-refractivity contribution in [2.24, 2.45) is 0 Å². The van der Waals surface area contributed by atoms with Crippen LogP contribution in [0.3, 0.4) is 0 Å². The van der Waals surface area contributed by atoms with Crippen LogP contribution in [0.1, 0.15) is 23.1 Å². The molecule has 1 aliphatic rings. The number of carbonyl (C=O) groups excluding carboxylic acids is 1. The number of carbonyl (C=O) groups is 1. The number of nitrogens with zero attached hydrogens (tertiary/aromatic N) is 2. The third kappa shape index (κ3) is 2.58. The van der Waals surface area contributed by atoms with E-state index in [9.17, 15) is 4.79 Å². The fourth-order valence-electron chi connectivity index (χ4n) is 2.85. The minimum Gasteiger partial charge on any atom is -0.334 e. The summed E-state index contributed by atoms with van der Waals surface area (Å²) in [4.78, 5) is 16.0. The summed E-state index contributed by atoms with van der Waals surface area (Å²) in [6, 6.07) is 11.9. The second kappa shape index (κ2) is 5.60. The van der Waals surface area contributed by atoms with Gasteiger partial charge in [0.25, 0.3) is 5.89 Å². The van der Waals surface area contributed by atoms with Crippen LogP contribution in [0.4, 0.5) is 5.69 Å². The second-order valence-electron chi connectivity index (χ2n) is 6.14. The van der Waals surface area contributed by atoms with Crippen LogP contribution >= 0.6 is 0 Å². The topological polar surface area (TPSA) is 68.0 Å². The van der Waals surface area contributed by atoms with Gasteiger partial charge in [-0.05, 0) is 67.3 Å². The van der Waals surface area contributed by atoms with E-state index in [1.807, 2.05) is 24.3 Å². The van der Waals surface area contributed by atoms with Gasteiger partial charge in [-0.1, -0.05) is 11.2 Å². The van der Waals surface area contributed by atoms with Gasteiger partial charge in [0, 0.05) is 23.2 Å². The molecule has 0 saturated carbocycles. The number of fused-ring (bicyclic) bond motifs is 1. The zero-order chi connectivity index (χ0) is 16.7. The lowest BCUT2D eigenvalue weighted by Crippen LogP contribution is -2.18. The van der Waals surface area contributed by atoms with E-state index in [-0.39, 0.29) is 5.91 Å². The molecule has 4 rings (SSSR count). The maximum absolute atomic E-state index is 11.4. The lowest BCUT2D eigenvalue weighted by atomic mass is 10.0. The Hall–Kier alpha value is -2.95. The predicted octanol–water partition coefficient (Wildman–Crippen LogP) is 3.91. The van der Waals surface area contributed by atoms with E-state index in [0.717, 1.165) is 28.8 Å². The van der Waals surface area contributed by atoms with Gasteiger partial charge < -0.3 is 9.84 Å². The largest absolute Gasteiger partial charge is 0.334 e. The van der Waals surface area contributed by atoms with E-state index in [1.54, 1.807) is 0 Å². The van der Waals surface area contributed by atoms with E-state index in [1.165, 1.54) is 11.1 Å². The lowest BCUT2D eigenvalue weighted by Gasteiger charge is -2.16. The zero-order valence-corrected chi connectivity index (χ0v) is 13.6. The predicted molar refractivity (Wildman–Crippen MR) is 91.6 cm³/mol. The molecule has 1 aliphatic heterocycles. The van der Waals surface area contributed by atoms with Crippen LogP contribution in [-0.2, 0) is 11.2 Å². The van der Waals surface area contributed by atoms with Gasteiger partial charge in [-0.3, -0.25) is 4.79 Å². The van der Waals surface area contributed by atoms with E-state index >= 15 is 0 Å². The van der Waals surface area contributed by atoms with Crippen LogP contribution in [0.2, 0.25) is 0 Å². The number of rotatable bonds is 2. The van der Waals surface area contributed by atoms with E-state index < -0.39 is 0 Å². The Morgan fingerprint density at radius 3 is 2.67 bits per heavy atom. The molecule has 1 amide bonds. The van der Waals surface area contributed by atoms with E-state index in [4.69, 9.17) is 4.52 Å². The molecule has 0 spiro atoms.